The van der Waals surface area contributed by atoms with Gasteiger partial charge in [-0.2, -0.15) is 0 Å². The van der Waals surface area contributed by atoms with Crippen LogP contribution in [-0.2, 0) is 4.74 Å². The first-order valence-electron chi connectivity index (χ1n) is 4.55. The number of anilines is 1. The second kappa shape index (κ2) is 6.56. The maximum atomic E-state index is 5.60. The Bertz CT molecular complexity index is 253. The molecule has 4 nitrogen and oxygen atoms in total. The fraction of sp³-hybridized carbons (Fsp3) is 0.556. The molecule has 1 rings (SSSR count). The summed E-state index contributed by atoms with van der Waals surface area (Å²) in [5, 5.41) is 11.1. The third kappa shape index (κ3) is 4.39. The van der Waals surface area contributed by atoms with Crippen LogP contribution in [0.3, 0.4) is 0 Å². The smallest absolute Gasteiger partial charge is 0.151 e. The summed E-state index contributed by atoms with van der Waals surface area (Å²) < 4.78 is 4.94. The summed E-state index contributed by atoms with van der Waals surface area (Å²) in [6, 6.07) is 3.53. The lowest BCUT2D eigenvalue weighted by atomic mass is 10.3. The summed E-state index contributed by atoms with van der Waals surface area (Å²) in [6.45, 7) is 1.67. The minimum Gasteiger partial charge on any atom is -0.385 e. The molecular formula is C9H14ClN3O. The summed E-state index contributed by atoms with van der Waals surface area (Å²) in [4.78, 5) is 0. The van der Waals surface area contributed by atoms with Crippen LogP contribution < -0.4 is 5.32 Å². The topological polar surface area (TPSA) is 47.0 Å². The Morgan fingerprint density at radius 3 is 2.86 bits per heavy atom. The third-order valence-electron chi connectivity index (χ3n) is 1.71. The van der Waals surface area contributed by atoms with Crippen LogP contribution in [0.1, 0.15) is 12.8 Å². The number of aromatic nitrogens is 2. The van der Waals surface area contributed by atoms with Crippen LogP contribution in [0.5, 0.6) is 0 Å². The first-order valence-corrected chi connectivity index (χ1v) is 4.93. The number of methoxy groups -OCH3 is 1. The summed E-state index contributed by atoms with van der Waals surface area (Å²) in [7, 11) is 1.71. The van der Waals surface area contributed by atoms with Gasteiger partial charge in [-0.15, -0.1) is 10.2 Å². The van der Waals surface area contributed by atoms with Gasteiger partial charge in [-0.1, -0.05) is 11.6 Å². The van der Waals surface area contributed by atoms with E-state index in [0.29, 0.717) is 5.15 Å². The zero-order valence-corrected chi connectivity index (χ0v) is 8.92. The number of halogens is 1. The normalized spacial score (nSPS) is 10.1. The molecule has 1 heterocycles. The van der Waals surface area contributed by atoms with Crippen LogP contribution in [-0.4, -0.2) is 30.5 Å². The molecule has 0 bridgehead atoms. The summed E-state index contributed by atoms with van der Waals surface area (Å²) >= 11 is 5.60. The van der Waals surface area contributed by atoms with E-state index < -0.39 is 0 Å². The Morgan fingerprint density at radius 1 is 1.36 bits per heavy atom. The quantitative estimate of drug-likeness (QED) is 0.738. The van der Waals surface area contributed by atoms with Crippen molar-refractivity contribution in [2.75, 3.05) is 25.6 Å². The van der Waals surface area contributed by atoms with Crippen LogP contribution in [0.25, 0.3) is 0 Å². The molecule has 0 aliphatic carbocycles. The molecule has 0 saturated heterocycles. The van der Waals surface area contributed by atoms with Crippen LogP contribution >= 0.6 is 11.6 Å². The Hall–Kier alpha value is -0.870. The molecule has 0 aliphatic rings. The number of hydrogen-bond acceptors (Lipinski definition) is 4. The van der Waals surface area contributed by atoms with Crippen molar-refractivity contribution < 1.29 is 4.74 Å². The van der Waals surface area contributed by atoms with Gasteiger partial charge in [-0.25, -0.2) is 0 Å². The molecule has 0 aliphatic heterocycles. The number of unbranched alkanes of at least 4 members (excludes halogenated alkanes) is 1. The van der Waals surface area contributed by atoms with E-state index in [0.717, 1.165) is 31.8 Å². The zero-order valence-electron chi connectivity index (χ0n) is 8.16. The van der Waals surface area contributed by atoms with Crippen LogP contribution in [0.15, 0.2) is 12.1 Å². The molecule has 0 saturated carbocycles. The van der Waals surface area contributed by atoms with Gasteiger partial charge < -0.3 is 10.1 Å². The van der Waals surface area contributed by atoms with Crippen molar-refractivity contribution in [3.05, 3.63) is 17.3 Å². The number of rotatable bonds is 6. The lowest BCUT2D eigenvalue weighted by Crippen LogP contribution is -2.04. The summed E-state index contributed by atoms with van der Waals surface area (Å²) in [6.07, 6.45) is 2.10. The average molecular weight is 216 g/mol. The number of hydrogen-bond donors (Lipinski definition) is 1. The summed E-state index contributed by atoms with van der Waals surface area (Å²) in [5.74, 6) is 0.756. The zero-order chi connectivity index (χ0) is 10.2. The van der Waals surface area contributed by atoms with E-state index in [-0.39, 0.29) is 0 Å². The molecule has 0 atom stereocenters. The van der Waals surface area contributed by atoms with Gasteiger partial charge in [0.1, 0.15) is 5.82 Å². The first-order chi connectivity index (χ1) is 6.83. The molecule has 1 aromatic heterocycles. The molecule has 0 amide bonds. The van der Waals surface area contributed by atoms with Crippen molar-refractivity contribution in [2.24, 2.45) is 0 Å². The Labute approximate surface area is 88.6 Å². The molecule has 78 valence electrons. The van der Waals surface area contributed by atoms with Crippen molar-refractivity contribution in [3.8, 4) is 0 Å². The van der Waals surface area contributed by atoms with E-state index in [2.05, 4.69) is 15.5 Å². The highest BCUT2D eigenvalue weighted by atomic mass is 35.5. The second-order valence-electron chi connectivity index (χ2n) is 2.87. The van der Waals surface area contributed by atoms with Gasteiger partial charge in [0.05, 0.1) is 0 Å². The number of nitrogens with zero attached hydrogens (tertiary/aromatic N) is 2. The highest BCUT2D eigenvalue weighted by molar-refractivity contribution is 6.29. The minimum absolute atomic E-state index is 0.412. The van der Waals surface area contributed by atoms with Crippen LogP contribution in [0.2, 0.25) is 5.15 Å². The Balaban J connectivity index is 2.15. The van der Waals surface area contributed by atoms with Crippen molar-refractivity contribution in [1.82, 2.24) is 10.2 Å². The average Bonchev–Trinajstić information content (AvgIpc) is 2.21. The van der Waals surface area contributed by atoms with Gasteiger partial charge >= 0.3 is 0 Å². The van der Waals surface area contributed by atoms with Crippen LogP contribution in [0, 0.1) is 0 Å². The van der Waals surface area contributed by atoms with Gasteiger partial charge in [-0.3, -0.25) is 0 Å². The van der Waals surface area contributed by atoms with Gasteiger partial charge in [0.25, 0.3) is 0 Å². The highest BCUT2D eigenvalue weighted by Crippen LogP contribution is 2.05. The molecule has 5 heteroatoms. The molecule has 1 N–H and O–H groups in total. The molecule has 0 spiro atoms. The third-order valence-corrected chi connectivity index (χ3v) is 1.91. The lowest BCUT2D eigenvalue weighted by molar-refractivity contribution is 0.194. The maximum Gasteiger partial charge on any atom is 0.151 e. The van der Waals surface area contributed by atoms with E-state index in [1.807, 2.05) is 6.07 Å². The van der Waals surface area contributed by atoms with Crippen molar-refractivity contribution in [3.63, 3.8) is 0 Å². The van der Waals surface area contributed by atoms with E-state index in [9.17, 15) is 0 Å². The van der Waals surface area contributed by atoms with E-state index in [1.54, 1.807) is 13.2 Å². The van der Waals surface area contributed by atoms with Crippen molar-refractivity contribution in [1.29, 1.82) is 0 Å². The second-order valence-corrected chi connectivity index (χ2v) is 3.26. The van der Waals surface area contributed by atoms with Gasteiger partial charge in [0, 0.05) is 20.3 Å². The minimum atomic E-state index is 0.412. The SMILES string of the molecule is COCCCCNc1ccc(Cl)nn1. The predicted molar refractivity (Wildman–Crippen MR) is 56.6 cm³/mol. The predicted octanol–water partition coefficient (Wildman–Crippen LogP) is 1.97. The largest absolute Gasteiger partial charge is 0.385 e. The fourth-order valence-corrected chi connectivity index (χ4v) is 1.10. The van der Waals surface area contributed by atoms with E-state index in [4.69, 9.17) is 16.3 Å². The van der Waals surface area contributed by atoms with E-state index in [1.165, 1.54) is 0 Å². The molecule has 0 radical (unpaired) electrons. The van der Waals surface area contributed by atoms with Gasteiger partial charge in [-0.05, 0) is 25.0 Å². The van der Waals surface area contributed by atoms with E-state index >= 15 is 0 Å². The van der Waals surface area contributed by atoms with Crippen LogP contribution in [0.4, 0.5) is 5.82 Å². The molecule has 0 unspecified atom stereocenters. The molecular weight excluding hydrogens is 202 g/mol. The number of nitrogens with one attached hydrogen (secondary N) is 1. The first kappa shape index (κ1) is 11.2. The van der Waals surface area contributed by atoms with Gasteiger partial charge in [0.15, 0.2) is 5.15 Å². The van der Waals surface area contributed by atoms with Crippen molar-refractivity contribution in [2.45, 2.75) is 12.8 Å². The standard InChI is InChI=1S/C9H14ClN3O/c1-14-7-3-2-6-11-9-5-4-8(10)12-13-9/h4-5H,2-3,6-7H2,1H3,(H,11,13). The molecule has 0 aromatic carbocycles. The molecule has 0 fully saturated rings. The molecule has 1 aromatic rings. The lowest BCUT2D eigenvalue weighted by Gasteiger charge is -2.03. The monoisotopic (exact) mass is 215 g/mol. The van der Waals surface area contributed by atoms with Gasteiger partial charge in [0.2, 0.25) is 0 Å². The maximum absolute atomic E-state index is 5.60. The fourth-order valence-electron chi connectivity index (χ4n) is 0.998. The Kier molecular flexibility index (Phi) is 5.25. The Morgan fingerprint density at radius 2 is 2.21 bits per heavy atom. The highest BCUT2D eigenvalue weighted by Gasteiger charge is 1.94. The molecule has 14 heavy (non-hydrogen) atoms. The summed E-state index contributed by atoms with van der Waals surface area (Å²) in [5.41, 5.74) is 0. The van der Waals surface area contributed by atoms with Crippen molar-refractivity contribution >= 4 is 17.4 Å². The number of ether oxygens (including phenoxy) is 1.